The van der Waals surface area contributed by atoms with E-state index in [-0.39, 0.29) is 52.2 Å². The molecule has 0 aromatic heterocycles. The molecular formula is C51H80O14. The van der Waals surface area contributed by atoms with Crippen molar-refractivity contribution < 1.29 is 67.2 Å². The Morgan fingerprint density at radius 2 is 1.46 bits per heavy atom. The van der Waals surface area contributed by atoms with Gasteiger partial charge >= 0.3 is 17.9 Å². The third kappa shape index (κ3) is 7.86. The Labute approximate surface area is 386 Å². The molecule has 7 fully saturated rings. The van der Waals surface area contributed by atoms with Gasteiger partial charge in [-0.15, -0.1) is 0 Å². The molecule has 2 N–H and O–H groups in total. The monoisotopic (exact) mass is 917 g/mol. The molecule has 0 spiro atoms. The van der Waals surface area contributed by atoms with Crippen LogP contribution >= 0.6 is 0 Å². The van der Waals surface area contributed by atoms with E-state index in [1.54, 1.807) is 41.7 Å². The number of aliphatic hydroxyl groups is 2. The molecule has 0 unspecified atom stereocenters. The number of allylic oxidation sites excluding steroid dienone is 2. The number of esters is 3. The lowest BCUT2D eigenvalue weighted by molar-refractivity contribution is -0.354. The average molecular weight is 917 g/mol. The normalized spacial score (nSPS) is 47.3. The van der Waals surface area contributed by atoms with Gasteiger partial charge in [0.2, 0.25) is 0 Å². The minimum atomic E-state index is -1.70. The van der Waals surface area contributed by atoms with E-state index >= 15 is 0 Å². The number of methoxy groups -OCH3 is 2. The fourth-order valence-electron chi connectivity index (χ4n) is 15.0. The first-order valence-corrected chi connectivity index (χ1v) is 24.5. The maximum Gasteiger partial charge on any atom is 0.337 e. The summed E-state index contributed by atoms with van der Waals surface area (Å²) in [5.41, 5.74) is -0.177. The second-order valence-electron chi connectivity index (χ2n) is 24.8. The molecule has 0 radical (unpaired) electrons. The van der Waals surface area contributed by atoms with Crippen LogP contribution in [0.2, 0.25) is 0 Å². The van der Waals surface area contributed by atoms with Gasteiger partial charge in [0.05, 0.1) is 37.8 Å². The molecule has 8 aliphatic rings. The summed E-state index contributed by atoms with van der Waals surface area (Å²) in [6, 6.07) is 0. The van der Waals surface area contributed by atoms with Crippen molar-refractivity contribution >= 4 is 17.9 Å². The molecule has 0 bridgehead atoms. The fraction of sp³-hybridized carbons (Fsp3) is 0.902. The Bertz CT molecular complexity index is 1890. The summed E-state index contributed by atoms with van der Waals surface area (Å²) < 4.78 is 54.5. The maximum absolute atomic E-state index is 13.7. The Hall–Kier alpha value is -2.17. The van der Waals surface area contributed by atoms with Gasteiger partial charge in [-0.2, -0.15) is 0 Å². The second-order valence-corrected chi connectivity index (χ2v) is 24.8. The van der Waals surface area contributed by atoms with Crippen LogP contribution in [0.1, 0.15) is 147 Å². The lowest BCUT2D eigenvalue weighted by Gasteiger charge is -2.71. The van der Waals surface area contributed by atoms with Gasteiger partial charge in [-0.3, -0.25) is 9.59 Å². The summed E-state index contributed by atoms with van der Waals surface area (Å²) >= 11 is 0. The summed E-state index contributed by atoms with van der Waals surface area (Å²) in [4.78, 5) is 40.3. The molecule has 0 aromatic carbocycles. The van der Waals surface area contributed by atoms with E-state index in [1.165, 1.54) is 12.7 Å². The average Bonchev–Trinajstić information content (AvgIpc) is 3.55. The van der Waals surface area contributed by atoms with Gasteiger partial charge in [0, 0.05) is 0 Å². The number of carbonyl (C=O) groups excluding carboxylic acids is 3. The van der Waals surface area contributed by atoms with E-state index in [9.17, 15) is 24.6 Å². The number of aliphatic hydroxyl groups excluding tert-OH is 2. The highest BCUT2D eigenvalue weighted by molar-refractivity contribution is 5.79. The summed E-state index contributed by atoms with van der Waals surface area (Å²) in [6.07, 6.45) is -0.0951. The van der Waals surface area contributed by atoms with E-state index < -0.39 is 89.3 Å². The van der Waals surface area contributed by atoms with Crippen molar-refractivity contribution in [2.24, 2.45) is 55.7 Å². The summed E-state index contributed by atoms with van der Waals surface area (Å²) in [6.45, 7) is 25.5. The highest BCUT2D eigenvalue weighted by Crippen LogP contribution is 2.76. The van der Waals surface area contributed by atoms with E-state index in [1.807, 2.05) is 0 Å². The Kier molecular flexibility index (Phi) is 12.5. The fourth-order valence-corrected chi connectivity index (χ4v) is 15.0. The van der Waals surface area contributed by atoms with Gasteiger partial charge in [-0.25, -0.2) is 4.79 Å². The van der Waals surface area contributed by atoms with Gasteiger partial charge in [0.25, 0.3) is 0 Å². The number of fused-ring (bicyclic) bond motifs is 8. The predicted molar refractivity (Wildman–Crippen MR) is 236 cm³/mol. The van der Waals surface area contributed by atoms with Gasteiger partial charge in [0.15, 0.2) is 30.6 Å². The van der Waals surface area contributed by atoms with Crippen LogP contribution in [0.25, 0.3) is 0 Å². The molecule has 3 heterocycles. The number of ether oxygens (including phenoxy) is 9. The van der Waals surface area contributed by atoms with Crippen molar-refractivity contribution in [3.63, 3.8) is 0 Å². The minimum absolute atomic E-state index is 0.0127. The van der Waals surface area contributed by atoms with Crippen molar-refractivity contribution in [2.75, 3.05) is 20.8 Å². The largest absolute Gasteiger partial charge is 0.469 e. The third-order valence-corrected chi connectivity index (χ3v) is 18.8. The van der Waals surface area contributed by atoms with Crippen LogP contribution in [0.15, 0.2) is 11.6 Å². The number of carbonyl (C=O) groups is 3. The van der Waals surface area contributed by atoms with Crippen molar-refractivity contribution in [3.8, 4) is 0 Å². The van der Waals surface area contributed by atoms with Crippen LogP contribution in [0.3, 0.4) is 0 Å². The number of rotatable bonds is 7. The lowest BCUT2D eigenvalue weighted by Crippen LogP contribution is -2.67. The molecular weight excluding hydrogens is 837 g/mol. The Morgan fingerprint density at radius 1 is 0.769 bits per heavy atom. The topological polar surface area (TPSA) is 175 Å². The molecule has 4 saturated carbocycles. The molecule has 14 nitrogen and oxygen atoms in total. The summed E-state index contributed by atoms with van der Waals surface area (Å²) in [5.74, 6) is -1.60. The van der Waals surface area contributed by atoms with E-state index in [2.05, 4.69) is 54.5 Å². The molecule has 5 aliphatic carbocycles. The van der Waals surface area contributed by atoms with Crippen LogP contribution in [0.5, 0.6) is 0 Å². The predicted octanol–water partition coefficient (Wildman–Crippen LogP) is 7.19. The standard InChI is InChI=1S/C51H80O14/c1-44(2,3)42(55)63-38-35-29(64-47(8,9)65-35)26-59-41(38)61-36-33(52)37(39(54)57-13)62-40(34(36)53)60-32-18-19-48(10)30(46(32,6)7)17-20-50(12)31(48)16-15-27-28-25-45(4,5)21-23-51(28,43(56)58-14)24-22-49(27,50)11/h15,28-38,40-41,52-53H,16-26H2,1-14H3/t28-,29-,30-,31+,32-,33-,34+,35-,36-,37-,38+,40+,41-,48-,49+,50+,51-/m0/s1. The van der Waals surface area contributed by atoms with Crippen LogP contribution < -0.4 is 0 Å². The van der Waals surface area contributed by atoms with Gasteiger partial charge in [-0.1, -0.05) is 60.1 Å². The van der Waals surface area contributed by atoms with Gasteiger partial charge < -0.3 is 52.8 Å². The highest BCUT2D eigenvalue weighted by atomic mass is 16.8. The third-order valence-electron chi connectivity index (χ3n) is 18.8. The zero-order chi connectivity index (χ0) is 47.7. The van der Waals surface area contributed by atoms with Crippen LogP contribution in [0, 0.1) is 55.7 Å². The zero-order valence-electron chi connectivity index (χ0n) is 41.7. The van der Waals surface area contributed by atoms with Crippen LogP contribution in [-0.4, -0.2) is 116 Å². The van der Waals surface area contributed by atoms with Crippen molar-refractivity contribution in [3.05, 3.63) is 11.6 Å². The second kappa shape index (κ2) is 16.5. The quantitative estimate of drug-likeness (QED) is 0.114. The Balaban J connectivity index is 1.04. The minimum Gasteiger partial charge on any atom is -0.469 e. The molecule has 0 aromatic rings. The van der Waals surface area contributed by atoms with Gasteiger partial charge in [0.1, 0.15) is 30.5 Å². The molecule has 3 aliphatic heterocycles. The van der Waals surface area contributed by atoms with E-state index in [0.29, 0.717) is 12.3 Å². The summed E-state index contributed by atoms with van der Waals surface area (Å²) in [5, 5.41) is 23.8. The van der Waals surface area contributed by atoms with E-state index in [4.69, 9.17) is 42.6 Å². The number of hydrogen-bond acceptors (Lipinski definition) is 14. The molecule has 8 rings (SSSR count). The van der Waals surface area contributed by atoms with Gasteiger partial charge in [-0.05, 0) is 144 Å². The SMILES string of the molecule is COC(=O)[C@H]1O[C@@H](O[C@H]2CC[C@]3(C)[C@H]4CC=C5[C@@H]6CC(C)(C)CC[C@]6(C(=O)OC)CC[C@@]5(C)[C@]4(C)CC[C@H]3C2(C)C)[C@H](O)[C@@H](O[C@@H]2OC[C@@H]3OC(C)(C)O[C@@H]3[C@H]2OC(=O)C(C)(C)C)[C@@H]1O. The molecule has 17 atom stereocenters. The molecule has 0 amide bonds. The van der Waals surface area contributed by atoms with Crippen molar-refractivity contribution in [1.29, 1.82) is 0 Å². The Morgan fingerprint density at radius 3 is 2.12 bits per heavy atom. The first kappa shape index (κ1) is 49.3. The summed E-state index contributed by atoms with van der Waals surface area (Å²) in [7, 11) is 2.75. The van der Waals surface area contributed by atoms with Crippen LogP contribution in [0.4, 0.5) is 0 Å². The highest BCUT2D eigenvalue weighted by Gasteiger charge is 2.70. The lowest BCUT2D eigenvalue weighted by atomic mass is 9.33. The van der Waals surface area contributed by atoms with E-state index in [0.717, 1.165) is 57.8 Å². The van der Waals surface area contributed by atoms with Crippen molar-refractivity contribution in [2.45, 2.75) is 214 Å². The first-order valence-electron chi connectivity index (χ1n) is 24.5. The number of hydrogen-bond donors (Lipinski definition) is 2. The first-order chi connectivity index (χ1) is 30.1. The molecule has 368 valence electrons. The van der Waals surface area contributed by atoms with Crippen molar-refractivity contribution in [1.82, 2.24) is 0 Å². The molecule has 65 heavy (non-hydrogen) atoms. The molecule has 14 heteroatoms. The van der Waals surface area contributed by atoms with Crippen LogP contribution in [-0.2, 0) is 57.0 Å². The molecule has 3 saturated heterocycles. The zero-order valence-corrected chi connectivity index (χ0v) is 41.7. The smallest absolute Gasteiger partial charge is 0.337 e. The maximum atomic E-state index is 13.7.